The number of furan rings is 1. The molecule has 2 unspecified atom stereocenters. The molecule has 0 N–H and O–H groups in total. The normalized spacial score (nSPS) is 18.6. The number of fused-ring (bicyclic) bond motifs is 14. The fourth-order valence-electron chi connectivity index (χ4n) is 15.5. The molecule has 0 saturated heterocycles. The lowest BCUT2D eigenvalue weighted by Gasteiger charge is -2.51. The smallest absolute Gasteiger partial charge is 0.252 e. The standard InChI is InChI=1S/C78H78BN3OS/c1-73(2,3)48-29-34-60(55(41-48)47-23-16-15-17-24-47)81-65-46-52(82-61-35-30-50(75(7,8)9)43-57(61)77(13)39-20-21-40-78(77,82)14)45-64-70(65)79(58-33-38-67-69(71(58)81)56-42-49(74(4,5)6)32-37-66(56)83-67)59-44-51(76(10,11)12)31-36-62(59)80(64)63-27-22-26-54-53-25-18-19-28-68(53)84-72(54)63/h15-19,22-38,41-46H,20-21,39-40H2,1-14H3. The Hall–Kier alpha value is -7.54. The number of anilines is 8. The van der Waals surface area contributed by atoms with Crippen LogP contribution in [0.1, 0.15) is 150 Å². The van der Waals surface area contributed by atoms with Gasteiger partial charge >= 0.3 is 0 Å². The summed E-state index contributed by atoms with van der Waals surface area (Å²) in [7, 11) is 0. The fourth-order valence-corrected chi connectivity index (χ4v) is 16.7. The predicted octanol–water partition coefficient (Wildman–Crippen LogP) is 20.6. The third-order valence-corrected chi connectivity index (χ3v) is 21.6. The van der Waals surface area contributed by atoms with Gasteiger partial charge in [-0.15, -0.1) is 11.3 Å². The summed E-state index contributed by atoms with van der Waals surface area (Å²) in [5.41, 5.74) is 24.1. The highest BCUT2D eigenvalue weighted by Gasteiger charge is 2.58. The fraction of sp³-hybridized carbons (Fsp3) is 0.308. The lowest BCUT2D eigenvalue weighted by Crippen LogP contribution is -2.61. The Labute approximate surface area is 502 Å². The van der Waals surface area contributed by atoms with Crippen LogP contribution in [0.2, 0.25) is 0 Å². The molecule has 6 heteroatoms. The predicted molar refractivity (Wildman–Crippen MR) is 364 cm³/mol. The average Bonchev–Trinajstić information content (AvgIpc) is 1.20. The molecule has 5 heterocycles. The average molecular weight is 1120 g/mol. The molecule has 84 heavy (non-hydrogen) atoms. The van der Waals surface area contributed by atoms with E-state index in [0.29, 0.717) is 0 Å². The Morgan fingerprint density at radius 3 is 1.79 bits per heavy atom. The van der Waals surface area contributed by atoms with Gasteiger partial charge in [0.15, 0.2) is 0 Å². The van der Waals surface area contributed by atoms with Crippen LogP contribution in [0.15, 0.2) is 174 Å². The zero-order valence-electron chi connectivity index (χ0n) is 51.7. The minimum absolute atomic E-state index is 0.00632. The van der Waals surface area contributed by atoms with E-state index >= 15 is 0 Å². The molecule has 2 aromatic heterocycles. The van der Waals surface area contributed by atoms with Gasteiger partial charge < -0.3 is 19.1 Å². The van der Waals surface area contributed by atoms with E-state index in [1.165, 1.54) is 128 Å². The summed E-state index contributed by atoms with van der Waals surface area (Å²) in [5, 5.41) is 4.91. The van der Waals surface area contributed by atoms with Gasteiger partial charge in [0.25, 0.3) is 6.71 Å². The van der Waals surface area contributed by atoms with Crippen molar-refractivity contribution in [3.05, 3.63) is 198 Å². The molecular weight excluding hydrogens is 1040 g/mol. The van der Waals surface area contributed by atoms with Crippen LogP contribution in [0.25, 0.3) is 53.2 Å². The van der Waals surface area contributed by atoms with E-state index in [2.05, 4.69) is 281 Å². The molecular formula is C78H78BN3OS. The van der Waals surface area contributed by atoms with Crippen LogP contribution >= 0.6 is 11.3 Å². The second-order valence-corrected chi connectivity index (χ2v) is 30.7. The molecule has 3 aliphatic heterocycles. The summed E-state index contributed by atoms with van der Waals surface area (Å²) in [6, 6.07) is 66.5. The van der Waals surface area contributed by atoms with E-state index in [4.69, 9.17) is 4.42 Å². The van der Waals surface area contributed by atoms with Crippen molar-refractivity contribution in [3.63, 3.8) is 0 Å². The monoisotopic (exact) mass is 1120 g/mol. The molecule has 4 aliphatic rings. The van der Waals surface area contributed by atoms with Gasteiger partial charge in [0.2, 0.25) is 0 Å². The van der Waals surface area contributed by atoms with Gasteiger partial charge in [-0.05, 0) is 158 Å². The number of hydrogen-bond donors (Lipinski definition) is 0. The van der Waals surface area contributed by atoms with Gasteiger partial charge in [-0.3, -0.25) is 0 Å². The molecule has 0 radical (unpaired) electrons. The Bertz CT molecular complexity index is 4550. The summed E-state index contributed by atoms with van der Waals surface area (Å²) in [6.45, 7) is 33.3. The van der Waals surface area contributed by atoms with E-state index in [0.717, 1.165) is 40.5 Å². The van der Waals surface area contributed by atoms with Gasteiger partial charge in [0, 0.05) is 60.3 Å². The molecule has 2 atom stereocenters. The maximum absolute atomic E-state index is 7.14. The summed E-state index contributed by atoms with van der Waals surface area (Å²) in [6.07, 6.45) is 4.65. The molecule has 4 nitrogen and oxygen atoms in total. The van der Waals surface area contributed by atoms with E-state index in [1.54, 1.807) is 0 Å². The van der Waals surface area contributed by atoms with Gasteiger partial charge in [-0.2, -0.15) is 0 Å². The van der Waals surface area contributed by atoms with Crippen molar-refractivity contribution in [2.75, 3.05) is 14.7 Å². The molecule has 15 rings (SSSR count). The first-order valence-electron chi connectivity index (χ1n) is 30.9. The van der Waals surface area contributed by atoms with Crippen LogP contribution < -0.4 is 31.1 Å². The highest BCUT2D eigenvalue weighted by atomic mass is 32.1. The molecule has 1 fully saturated rings. The van der Waals surface area contributed by atoms with Gasteiger partial charge in [-0.25, -0.2) is 0 Å². The van der Waals surface area contributed by atoms with Crippen molar-refractivity contribution in [2.24, 2.45) is 0 Å². The van der Waals surface area contributed by atoms with Gasteiger partial charge in [-0.1, -0.05) is 206 Å². The maximum atomic E-state index is 7.14. The molecule has 1 saturated carbocycles. The van der Waals surface area contributed by atoms with Crippen molar-refractivity contribution >= 4 is 122 Å². The third kappa shape index (κ3) is 7.70. The van der Waals surface area contributed by atoms with Crippen molar-refractivity contribution < 1.29 is 4.42 Å². The topological polar surface area (TPSA) is 22.9 Å². The maximum Gasteiger partial charge on any atom is 0.252 e. The molecule has 420 valence electrons. The second kappa shape index (κ2) is 18.0. The summed E-state index contributed by atoms with van der Waals surface area (Å²) >= 11 is 1.92. The third-order valence-electron chi connectivity index (χ3n) is 20.4. The lowest BCUT2D eigenvalue weighted by atomic mass is 9.33. The molecule has 9 aromatic carbocycles. The minimum atomic E-state index is -0.215. The van der Waals surface area contributed by atoms with Crippen molar-refractivity contribution in [2.45, 2.75) is 155 Å². The number of benzene rings is 9. The van der Waals surface area contributed by atoms with E-state index < -0.39 is 0 Å². The Morgan fingerprint density at radius 1 is 0.464 bits per heavy atom. The molecule has 0 spiro atoms. The highest BCUT2D eigenvalue weighted by molar-refractivity contribution is 7.26. The molecule has 0 bridgehead atoms. The van der Waals surface area contributed by atoms with Crippen molar-refractivity contribution in [1.29, 1.82) is 0 Å². The first-order valence-corrected chi connectivity index (χ1v) is 31.7. The summed E-state index contributed by atoms with van der Waals surface area (Å²) < 4.78 is 9.74. The van der Waals surface area contributed by atoms with E-state index in [1.807, 2.05) is 11.3 Å². The van der Waals surface area contributed by atoms with Crippen LogP contribution in [0.3, 0.4) is 0 Å². The second-order valence-electron chi connectivity index (χ2n) is 29.7. The van der Waals surface area contributed by atoms with E-state index in [-0.39, 0.29) is 39.3 Å². The van der Waals surface area contributed by atoms with Gasteiger partial charge in [0.1, 0.15) is 11.2 Å². The number of thiophene rings is 1. The SMILES string of the molecule is CC(C)(C)c1ccc2c(c1)B1c3ccc4oc5ccc(C(C)(C)C)cc5c4c3N(c3ccc(C(C)(C)C)cc3-c3ccccc3)c3cc(N4c5ccc(C(C)(C)C)cc5C5(C)CCCCC45C)cc(c31)N2c1cccc2c1sc1ccccc12. The van der Waals surface area contributed by atoms with E-state index in [9.17, 15) is 0 Å². The minimum Gasteiger partial charge on any atom is -0.456 e. The van der Waals surface area contributed by atoms with Crippen LogP contribution in [-0.2, 0) is 27.1 Å². The van der Waals surface area contributed by atoms with Crippen LogP contribution in [-0.4, -0.2) is 12.3 Å². The summed E-state index contributed by atoms with van der Waals surface area (Å²) in [5.74, 6) is 0. The lowest BCUT2D eigenvalue weighted by molar-refractivity contribution is 0.195. The molecule has 0 amide bonds. The zero-order valence-corrected chi connectivity index (χ0v) is 52.5. The summed E-state index contributed by atoms with van der Waals surface area (Å²) in [4.78, 5) is 8.27. The number of hydrogen-bond acceptors (Lipinski definition) is 5. The highest BCUT2D eigenvalue weighted by Crippen LogP contribution is 2.63. The Morgan fingerprint density at radius 2 is 1.06 bits per heavy atom. The quantitative estimate of drug-likeness (QED) is 0.164. The van der Waals surface area contributed by atoms with Crippen LogP contribution in [0, 0.1) is 0 Å². The first-order chi connectivity index (χ1) is 39.9. The van der Waals surface area contributed by atoms with Crippen molar-refractivity contribution in [1.82, 2.24) is 0 Å². The van der Waals surface area contributed by atoms with Crippen molar-refractivity contribution in [3.8, 4) is 11.1 Å². The Kier molecular flexibility index (Phi) is 11.4. The first kappa shape index (κ1) is 53.2. The molecule has 11 aromatic rings. The largest absolute Gasteiger partial charge is 0.456 e. The van der Waals surface area contributed by atoms with Crippen LogP contribution in [0.5, 0.6) is 0 Å². The Balaban J connectivity index is 1.14. The zero-order chi connectivity index (χ0) is 58.4. The van der Waals surface area contributed by atoms with Crippen LogP contribution in [0.4, 0.5) is 45.5 Å². The molecule has 1 aliphatic carbocycles. The van der Waals surface area contributed by atoms with Gasteiger partial charge in [0.05, 0.1) is 32.7 Å². The number of rotatable bonds is 4. The number of nitrogens with zero attached hydrogens (tertiary/aromatic N) is 3.